The summed E-state index contributed by atoms with van der Waals surface area (Å²) < 4.78 is 24.0. The number of carbonyl (C=O) groups excluding carboxylic acids is 4. The molecular weight excluding hydrogens is 626 g/mol. The highest BCUT2D eigenvalue weighted by Gasteiger charge is 2.48. The van der Waals surface area contributed by atoms with Crippen molar-refractivity contribution in [3.05, 3.63) is 77.4 Å². The lowest BCUT2D eigenvalue weighted by molar-refractivity contribution is -0.152. The molecule has 5 rings (SSSR count). The van der Waals surface area contributed by atoms with Gasteiger partial charge in [0.25, 0.3) is 5.88 Å². The summed E-state index contributed by atoms with van der Waals surface area (Å²) in [4.78, 5) is 67.4. The molecule has 248 valence electrons. The molecule has 4 atom stereocenters. The Morgan fingerprint density at radius 1 is 1.04 bits per heavy atom. The number of nitrogens with zero attached hydrogens (tertiary/aromatic N) is 8. The number of anilines is 3. The van der Waals surface area contributed by atoms with Gasteiger partial charge in [0.2, 0.25) is 11.9 Å². The number of hydrogen-bond donors (Lipinski definition) is 1. The molecule has 48 heavy (non-hydrogen) atoms. The first-order valence-electron chi connectivity index (χ1n) is 14.9. The van der Waals surface area contributed by atoms with Crippen molar-refractivity contribution in [2.24, 2.45) is 5.11 Å². The molecule has 2 amide bonds. The molecule has 0 saturated carbocycles. The molecule has 3 heterocycles. The second kappa shape index (κ2) is 15.0. The van der Waals surface area contributed by atoms with E-state index in [-0.39, 0.29) is 42.4 Å². The predicted molar refractivity (Wildman–Crippen MR) is 169 cm³/mol. The number of amides is 2. The Hall–Kier alpha value is -6.06. The number of hydrogen-bond acceptors (Lipinski definition) is 12. The first kappa shape index (κ1) is 33.3. The highest BCUT2D eigenvalue weighted by atomic mass is 16.6. The number of carbonyl (C=O) groups is 4. The summed E-state index contributed by atoms with van der Waals surface area (Å²) in [5.74, 6) is -2.20. The van der Waals surface area contributed by atoms with E-state index in [0.717, 1.165) is 0 Å². The third-order valence-corrected chi connectivity index (χ3v) is 7.08. The number of ether oxygens (including phenoxy) is 4. The molecule has 2 aromatic heterocycles. The van der Waals surface area contributed by atoms with Crippen LogP contribution in [0.15, 0.2) is 72.1 Å². The molecule has 1 aliphatic heterocycles. The second-order valence-corrected chi connectivity index (χ2v) is 10.4. The molecule has 17 heteroatoms. The van der Waals surface area contributed by atoms with E-state index in [1.807, 2.05) is 0 Å². The van der Waals surface area contributed by atoms with Crippen LogP contribution >= 0.6 is 0 Å². The molecule has 0 spiro atoms. The lowest BCUT2D eigenvalue weighted by Crippen LogP contribution is -2.34. The minimum Gasteiger partial charge on any atom is -0.466 e. The summed E-state index contributed by atoms with van der Waals surface area (Å²) in [5.41, 5.74) is 10.4. The van der Waals surface area contributed by atoms with E-state index in [4.69, 9.17) is 18.9 Å². The van der Waals surface area contributed by atoms with Gasteiger partial charge in [0.1, 0.15) is 6.04 Å². The molecule has 1 fully saturated rings. The predicted octanol–water partition coefficient (Wildman–Crippen LogP) is 4.97. The number of nitrogens with one attached hydrogen (secondary N) is 1. The van der Waals surface area contributed by atoms with Gasteiger partial charge >= 0.3 is 18.0 Å². The standard InChI is InChI=1S/C31H31N9O8/c1-4-45-23(43)16-15-22-24(37-38-32)26(46-19(3)42)29(47-22)39-17-33-25-27(39)35-30(34-18(2)41)36-28(25)48-31(44)40(20-11-7-5-8-12-20)21-13-9-6-10-14-21/h5-14,17,22,24,26,29H,4,15-16H2,1-3H3,(H,34,35,36,41)/t22-,24-,26-,29-/m1/s1. The maximum Gasteiger partial charge on any atom is 0.425 e. The molecular formula is C31H31N9O8. The topological polar surface area (TPSA) is 213 Å². The fourth-order valence-electron chi connectivity index (χ4n) is 5.20. The molecule has 1 aliphatic rings. The molecule has 2 aromatic carbocycles. The number of imidazole rings is 1. The maximum absolute atomic E-state index is 13.8. The number of rotatable bonds is 11. The summed E-state index contributed by atoms with van der Waals surface area (Å²) in [6.07, 6.45) is -2.76. The second-order valence-electron chi connectivity index (χ2n) is 10.4. The van der Waals surface area contributed by atoms with Crippen molar-refractivity contribution in [1.29, 1.82) is 0 Å². The van der Waals surface area contributed by atoms with Gasteiger partial charge < -0.3 is 18.9 Å². The Morgan fingerprint density at radius 3 is 2.29 bits per heavy atom. The van der Waals surface area contributed by atoms with Crippen LogP contribution in [-0.4, -0.2) is 68.3 Å². The van der Waals surface area contributed by atoms with E-state index >= 15 is 0 Å². The fraction of sp³-hybridized carbons (Fsp3) is 0.323. The highest BCUT2D eigenvalue weighted by molar-refractivity contribution is 5.98. The zero-order valence-electron chi connectivity index (χ0n) is 26.1. The molecule has 0 bridgehead atoms. The van der Waals surface area contributed by atoms with E-state index < -0.39 is 48.4 Å². The van der Waals surface area contributed by atoms with E-state index in [1.165, 1.54) is 29.6 Å². The van der Waals surface area contributed by atoms with Crippen molar-refractivity contribution in [2.75, 3.05) is 16.8 Å². The summed E-state index contributed by atoms with van der Waals surface area (Å²) >= 11 is 0. The van der Waals surface area contributed by atoms with Gasteiger partial charge in [-0.25, -0.2) is 14.7 Å². The van der Waals surface area contributed by atoms with E-state index in [9.17, 15) is 24.7 Å². The van der Waals surface area contributed by atoms with E-state index in [1.54, 1.807) is 67.6 Å². The van der Waals surface area contributed by atoms with Crippen LogP contribution < -0.4 is 15.0 Å². The van der Waals surface area contributed by atoms with Crippen molar-refractivity contribution in [3.8, 4) is 5.88 Å². The van der Waals surface area contributed by atoms with Gasteiger partial charge in [-0.3, -0.25) is 24.3 Å². The van der Waals surface area contributed by atoms with Gasteiger partial charge in [0.05, 0.1) is 30.4 Å². The first-order valence-corrected chi connectivity index (χ1v) is 14.9. The van der Waals surface area contributed by atoms with Crippen molar-refractivity contribution >= 4 is 52.4 Å². The summed E-state index contributed by atoms with van der Waals surface area (Å²) in [6.45, 7) is 4.29. The summed E-state index contributed by atoms with van der Waals surface area (Å²) in [6, 6.07) is 16.5. The van der Waals surface area contributed by atoms with E-state index in [2.05, 4.69) is 30.3 Å². The zero-order chi connectivity index (χ0) is 34.2. The number of esters is 2. The molecule has 4 aromatic rings. The summed E-state index contributed by atoms with van der Waals surface area (Å²) in [5, 5.41) is 6.31. The molecule has 0 radical (unpaired) electrons. The Kier molecular flexibility index (Phi) is 10.4. The van der Waals surface area contributed by atoms with Crippen molar-refractivity contribution < 1.29 is 38.1 Å². The van der Waals surface area contributed by atoms with Gasteiger partial charge in [0.15, 0.2) is 23.5 Å². The van der Waals surface area contributed by atoms with Gasteiger partial charge in [-0.05, 0) is 43.1 Å². The average Bonchev–Trinajstić information content (AvgIpc) is 3.62. The first-order chi connectivity index (χ1) is 23.2. The average molecular weight is 658 g/mol. The Balaban J connectivity index is 1.56. The Morgan fingerprint density at radius 2 is 1.71 bits per heavy atom. The normalized spacial score (nSPS) is 18.4. The molecule has 1 N–H and O–H groups in total. The van der Waals surface area contributed by atoms with Gasteiger partial charge in [-0.2, -0.15) is 9.97 Å². The number of benzene rings is 2. The number of para-hydroxylation sites is 2. The minimum absolute atomic E-state index is 0.000918. The molecule has 1 saturated heterocycles. The van der Waals surface area contributed by atoms with Crippen LogP contribution in [0.3, 0.4) is 0 Å². The Labute approximate surface area is 273 Å². The maximum atomic E-state index is 13.8. The van der Waals surface area contributed by atoms with Gasteiger partial charge in [0, 0.05) is 25.2 Å². The lowest BCUT2D eigenvalue weighted by atomic mass is 10.0. The van der Waals surface area contributed by atoms with Crippen LogP contribution in [0, 0.1) is 0 Å². The van der Waals surface area contributed by atoms with Crippen molar-refractivity contribution in [2.45, 2.75) is 58.1 Å². The van der Waals surface area contributed by atoms with Crippen LogP contribution in [-0.2, 0) is 28.6 Å². The van der Waals surface area contributed by atoms with Crippen LogP contribution in [0.25, 0.3) is 21.6 Å². The third-order valence-electron chi connectivity index (χ3n) is 7.08. The van der Waals surface area contributed by atoms with E-state index in [0.29, 0.717) is 11.4 Å². The largest absolute Gasteiger partial charge is 0.466 e. The monoisotopic (exact) mass is 657 g/mol. The molecule has 17 nitrogen and oxygen atoms in total. The van der Waals surface area contributed by atoms with Crippen molar-refractivity contribution in [3.63, 3.8) is 0 Å². The highest BCUT2D eigenvalue weighted by Crippen LogP contribution is 2.39. The summed E-state index contributed by atoms with van der Waals surface area (Å²) in [7, 11) is 0. The quantitative estimate of drug-likeness (QED) is 0.0983. The smallest absolute Gasteiger partial charge is 0.425 e. The third kappa shape index (κ3) is 7.49. The van der Waals surface area contributed by atoms with Gasteiger partial charge in [-0.1, -0.05) is 41.5 Å². The van der Waals surface area contributed by atoms with Crippen LogP contribution in [0.1, 0.15) is 39.8 Å². The molecule has 0 aliphatic carbocycles. The Bertz CT molecular complexity index is 1810. The SMILES string of the molecule is CCOC(=O)CC[C@H]1O[C@@H](n2cnc3c(OC(=O)N(c4ccccc4)c4ccccc4)nc(NC(C)=O)nc32)[C@H](OC(C)=O)[C@@H]1N=[N+]=[N-]. The van der Waals surface area contributed by atoms with Gasteiger partial charge in [-0.15, -0.1) is 0 Å². The zero-order valence-corrected chi connectivity index (χ0v) is 26.1. The van der Waals surface area contributed by atoms with Crippen LogP contribution in [0.4, 0.5) is 22.1 Å². The van der Waals surface area contributed by atoms with Crippen molar-refractivity contribution in [1.82, 2.24) is 19.5 Å². The van der Waals surface area contributed by atoms with Crippen LogP contribution in [0.5, 0.6) is 5.88 Å². The van der Waals surface area contributed by atoms with Crippen LogP contribution in [0.2, 0.25) is 0 Å². The minimum atomic E-state index is -1.18. The number of fused-ring (bicyclic) bond motifs is 1. The number of azide groups is 1. The fourth-order valence-corrected chi connectivity index (χ4v) is 5.20. The number of aromatic nitrogens is 4. The molecule has 0 unspecified atom stereocenters. The lowest BCUT2D eigenvalue weighted by Gasteiger charge is -2.22.